The smallest absolute Gasteiger partial charge is 0.243 e. The maximum atomic E-state index is 12.2. The molecule has 0 unspecified atom stereocenters. The van der Waals surface area contributed by atoms with Gasteiger partial charge in [0.25, 0.3) is 0 Å². The Labute approximate surface area is 136 Å². The molecule has 1 saturated carbocycles. The van der Waals surface area contributed by atoms with Gasteiger partial charge < -0.3 is 5.32 Å². The topological polar surface area (TPSA) is 72.7 Å². The summed E-state index contributed by atoms with van der Waals surface area (Å²) in [5.41, 5.74) is 2.04. The zero-order chi connectivity index (χ0) is 16.1. The van der Waals surface area contributed by atoms with Crippen molar-refractivity contribution < 1.29 is 4.79 Å². The Bertz CT molecular complexity index is 659. The van der Waals surface area contributed by atoms with E-state index in [1.54, 1.807) is 0 Å². The fourth-order valence-corrected chi connectivity index (χ4v) is 3.07. The first-order chi connectivity index (χ1) is 11.2. The molecular weight excluding hydrogens is 290 g/mol. The highest BCUT2D eigenvalue weighted by Gasteiger charge is 2.16. The minimum atomic E-state index is -0.0365. The molecule has 1 aromatic carbocycles. The van der Waals surface area contributed by atoms with Crippen LogP contribution in [0.15, 0.2) is 24.3 Å². The van der Waals surface area contributed by atoms with Crippen LogP contribution in [0.2, 0.25) is 0 Å². The maximum absolute atomic E-state index is 12.2. The molecule has 0 saturated heterocycles. The van der Waals surface area contributed by atoms with Crippen LogP contribution >= 0.6 is 0 Å². The quantitative estimate of drug-likeness (QED) is 0.880. The second kappa shape index (κ2) is 7.35. The van der Waals surface area contributed by atoms with Crippen LogP contribution in [0.1, 0.15) is 44.1 Å². The minimum Gasteiger partial charge on any atom is -0.352 e. The molecule has 1 heterocycles. The van der Waals surface area contributed by atoms with Gasteiger partial charge in [-0.2, -0.15) is 4.80 Å². The van der Waals surface area contributed by atoms with Crippen molar-refractivity contribution in [1.29, 1.82) is 0 Å². The Morgan fingerprint density at radius 2 is 1.96 bits per heavy atom. The second-order valence-electron chi connectivity index (χ2n) is 6.21. The van der Waals surface area contributed by atoms with Gasteiger partial charge in [0.15, 0.2) is 0 Å². The molecule has 23 heavy (non-hydrogen) atoms. The van der Waals surface area contributed by atoms with Crippen LogP contribution in [0.3, 0.4) is 0 Å². The van der Waals surface area contributed by atoms with Crippen molar-refractivity contribution in [2.75, 3.05) is 0 Å². The van der Waals surface area contributed by atoms with Gasteiger partial charge in [0.2, 0.25) is 11.7 Å². The number of rotatable bonds is 4. The van der Waals surface area contributed by atoms with Gasteiger partial charge in [0.1, 0.15) is 6.54 Å². The number of aryl methyl sites for hydroxylation is 1. The predicted octanol–water partition coefficient (Wildman–Crippen LogP) is 2.49. The molecular formula is C17H23N5O. The van der Waals surface area contributed by atoms with E-state index in [9.17, 15) is 4.79 Å². The molecule has 122 valence electrons. The predicted molar refractivity (Wildman–Crippen MR) is 87.6 cm³/mol. The number of amides is 1. The molecule has 6 nitrogen and oxygen atoms in total. The number of hydrogen-bond donors (Lipinski definition) is 1. The lowest BCUT2D eigenvalue weighted by atomic mass is 10.1. The molecule has 0 atom stereocenters. The van der Waals surface area contributed by atoms with Crippen LogP contribution < -0.4 is 5.32 Å². The van der Waals surface area contributed by atoms with Crippen LogP contribution in [0.4, 0.5) is 0 Å². The summed E-state index contributed by atoms with van der Waals surface area (Å²) >= 11 is 0. The second-order valence-corrected chi connectivity index (χ2v) is 6.21. The molecule has 1 amide bonds. The molecule has 0 radical (unpaired) electrons. The third-order valence-corrected chi connectivity index (χ3v) is 4.34. The number of aromatic nitrogens is 4. The summed E-state index contributed by atoms with van der Waals surface area (Å²) in [7, 11) is 0. The van der Waals surface area contributed by atoms with Gasteiger partial charge in [0, 0.05) is 11.6 Å². The SMILES string of the molecule is Cc1ccccc1-c1nnn(CC(=O)NC2CCCCCC2)n1. The first-order valence-corrected chi connectivity index (χ1v) is 8.35. The molecule has 1 fully saturated rings. The van der Waals surface area contributed by atoms with Crippen molar-refractivity contribution >= 4 is 5.91 Å². The Morgan fingerprint density at radius 3 is 2.70 bits per heavy atom. The molecule has 1 aliphatic carbocycles. The Morgan fingerprint density at radius 1 is 1.22 bits per heavy atom. The third-order valence-electron chi connectivity index (χ3n) is 4.34. The van der Waals surface area contributed by atoms with Crippen LogP contribution in [-0.4, -0.2) is 32.2 Å². The number of nitrogens with one attached hydrogen (secondary N) is 1. The average molecular weight is 313 g/mol. The van der Waals surface area contributed by atoms with E-state index in [-0.39, 0.29) is 12.5 Å². The van der Waals surface area contributed by atoms with Crippen molar-refractivity contribution in [3.63, 3.8) is 0 Å². The Hall–Kier alpha value is -2.24. The van der Waals surface area contributed by atoms with Crippen LogP contribution in [0, 0.1) is 6.92 Å². The maximum Gasteiger partial charge on any atom is 0.243 e. The van der Waals surface area contributed by atoms with E-state index in [1.807, 2.05) is 31.2 Å². The summed E-state index contributed by atoms with van der Waals surface area (Å²) in [6.45, 7) is 2.13. The van der Waals surface area contributed by atoms with E-state index in [4.69, 9.17) is 0 Å². The zero-order valence-corrected chi connectivity index (χ0v) is 13.5. The summed E-state index contributed by atoms with van der Waals surface area (Å²) in [6.07, 6.45) is 7.09. The van der Waals surface area contributed by atoms with Crippen molar-refractivity contribution in [1.82, 2.24) is 25.5 Å². The van der Waals surface area contributed by atoms with Gasteiger partial charge in [-0.05, 0) is 30.5 Å². The van der Waals surface area contributed by atoms with E-state index in [1.165, 1.54) is 30.5 Å². The Balaban J connectivity index is 1.60. The van der Waals surface area contributed by atoms with E-state index in [0.717, 1.165) is 24.0 Å². The van der Waals surface area contributed by atoms with Gasteiger partial charge in [-0.3, -0.25) is 4.79 Å². The number of tetrazole rings is 1. The summed E-state index contributed by atoms with van der Waals surface area (Å²) in [5, 5.41) is 15.5. The normalized spacial score (nSPS) is 16.0. The minimum absolute atomic E-state index is 0.0365. The fourth-order valence-electron chi connectivity index (χ4n) is 3.07. The average Bonchev–Trinajstić information content (AvgIpc) is 2.83. The molecule has 2 aromatic rings. The number of benzene rings is 1. The first kappa shape index (κ1) is 15.6. The van der Waals surface area contributed by atoms with E-state index < -0.39 is 0 Å². The van der Waals surface area contributed by atoms with E-state index in [0.29, 0.717) is 11.9 Å². The molecule has 0 spiro atoms. The standard InChI is InChI=1S/C17H23N5O/c1-13-8-6-7-11-15(13)17-19-21-22(20-17)12-16(23)18-14-9-4-2-3-5-10-14/h6-8,11,14H,2-5,9-10,12H2,1H3,(H,18,23). The van der Waals surface area contributed by atoms with Gasteiger partial charge in [-0.1, -0.05) is 49.9 Å². The van der Waals surface area contributed by atoms with Crippen molar-refractivity contribution in [3.05, 3.63) is 29.8 Å². The lowest BCUT2D eigenvalue weighted by molar-refractivity contribution is -0.122. The van der Waals surface area contributed by atoms with Crippen LogP contribution in [0.5, 0.6) is 0 Å². The molecule has 1 aromatic heterocycles. The number of carbonyl (C=O) groups excluding carboxylic acids is 1. The largest absolute Gasteiger partial charge is 0.352 e. The number of nitrogens with zero attached hydrogens (tertiary/aromatic N) is 4. The lowest BCUT2D eigenvalue weighted by Crippen LogP contribution is -2.37. The zero-order valence-electron chi connectivity index (χ0n) is 13.5. The number of hydrogen-bond acceptors (Lipinski definition) is 4. The third kappa shape index (κ3) is 4.15. The van der Waals surface area contributed by atoms with Crippen molar-refractivity contribution in [2.45, 2.75) is 58.0 Å². The Kier molecular flexibility index (Phi) is 5.00. The van der Waals surface area contributed by atoms with Crippen LogP contribution in [-0.2, 0) is 11.3 Å². The lowest BCUT2D eigenvalue weighted by Gasteiger charge is -2.15. The molecule has 0 bridgehead atoms. The highest BCUT2D eigenvalue weighted by atomic mass is 16.2. The van der Waals surface area contributed by atoms with Gasteiger partial charge in [-0.15, -0.1) is 10.2 Å². The van der Waals surface area contributed by atoms with Crippen LogP contribution in [0.25, 0.3) is 11.4 Å². The monoisotopic (exact) mass is 313 g/mol. The molecule has 1 aliphatic rings. The first-order valence-electron chi connectivity index (χ1n) is 8.35. The van der Waals surface area contributed by atoms with Gasteiger partial charge in [0.05, 0.1) is 0 Å². The molecule has 3 rings (SSSR count). The van der Waals surface area contributed by atoms with Gasteiger partial charge in [-0.25, -0.2) is 0 Å². The summed E-state index contributed by atoms with van der Waals surface area (Å²) < 4.78 is 0. The van der Waals surface area contributed by atoms with E-state index >= 15 is 0 Å². The number of carbonyl (C=O) groups is 1. The molecule has 1 N–H and O–H groups in total. The summed E-state index contributed by atoms with van der Waals surface area (Å²) in [5.74, 6) is 0.524. The van der Waals surface area contributed by atoms with Crippen molar-refractivity contribution in [2.24, 2.45) is 0 Å². The van der Waals surface area contributed by atoms with E-state index in [2.05, 4.69) is 20.7 Å². The summed E-state index contributed by atoms with van der Waals surface area (Å²) in [6, 6.07) is 8.19. The highest BCUT2D eigenvalue weighted by molar-refractivity contribution is 5.75. The van der Waals surface area contributed by atoms with Gasteiger partial charge >= 0.3 is 0 Å². The molecule has 6 heteroatoms. The highest BCUT2D eigenvalue weighted by Crippen LogP contribution is 2.18. The van der Waals surface area contributed by atoms with Crippen molar-refractivity contribution in [3.8, 4) is 11.4 Å². The molecule has 0 aliphatic heterocycles. The summed E-state index contributed by atoms with van der Waals surface area (Å²) in [4.78, 5) is 13.5. The fraction of sp³-hybridized carbons (Fsp3) is 0.529.